The highest BCUT2D eigenvalue weighted by molar-refractivity contribution is 5.70. The highest BCUT2D eigenvalue weighted by Crippen LogP contribution is 2.37. The maximum atomic E-state index is 14.4. The van der Waals surface area contributed by atoms with Gasteiger partial charge in [0.2, 0.25) is 0 Å². The molecule has 0 N–H and O–H groups in total. The average molecular weight is 439 g/mol. The van der Waals surface area contributed by atoms with Crippen molar-refractivity contribution in [1.29, 1.82) is 0 Å². The Kier molecular flexibility index (Phi) is 8.04. The van der Waals surface area contributed by atoms with Gasteiger partial charge in [0.15, 0.2) is 0 Å². The third-order valence-corrected chi connectivity index (χ3v) is 5.37. The van der Waals surface area contributed by atoms with Crippen LogP contribution in [-0.2, 0) is 12.8 Å². The summed E-state index contributed by atoms with van der Waals surface area (Å²) < 4.78 is 55.1. The van der Waals surface area contributed by atoms with Crippen molar-refractivity contribution in [3.05, 3.63) is 119 Å². The largest absolute Gasteiger partial charge is 0.396 e. The van der Waals surface area contributed by atoms with E-state index in [2.05, 4.69) is 0 Å². The molecule has 0 radical (unpaired) electrons. The summed E-state index contributed by atoms with van der Waals surface area (Å²) >= 11 is 0. The summed E-state index contributed by atoms with van der Waals surface area (Å²) in [5, 5.41) is 0. The van der Waals surface area contributed by atoms with Crippen molar-refractivity contribution in [2.75, 3.05) is 0 Å². The maximum Gasteiger partial charge on any atom is 0.396 e. The number of aryl methyl sites for hydroxylation is 1. The number of halogens is 4. The van der Waals surface area contributed by atoms with Gasteiger partial charge in [-0.3, -0.25) is 0 Å². The zero-order valence-electron chi connectivity index (χ0n) is 17.9. The Morgan fingerprint density at radius 2 is 1.53 bits per heavy atom. The molecule has 0 saturated carbocycles. The van der Waals surface area contributed by atoms with Gasteiger partial charge in [-0.05, 0) is 54.5 Å². The van der Waals surface area contributed by atoms with E-state index in [1.807, 2.05) is 25.1 Å². The second-order valence-corrected chi connectivity index (χ2v) is 7.75. The van der Waals surface area contributed by atoms with Crippen LogP contribution in [0.2, 0.25) is 0 Å². The van der Waals surface area contributed by atoms with Crippen LogP contribution in [0.15, 0.2) is 84.9 Å². The Labute approximate surface area is 186 Å². The Morgan fingerprint density at radius 1 is 0.844 bits per heavy atom. The fourth-order valence-corrected chi connectivity index (χ4v) is 3.57. The SMILES string of the molecule is C/C=C/CCc1ccc(C=Cc2ccc(C[C@H](c3ccccc3)C(F)(F)F)cc2)c(F)c1. The molecule has 3 rings (SSSR count). The van der Waals surface area contributed by atoms with Gasteiger partial charge >= 0.3 is 6.18 Å². The molecule has 0 nitrogen and oxygen atoms in total. The normalized spacial score (nSPS) is 13.2. The molecular formula is C28H26F4. The molecule has 0 aliphatic carbocycles. The average Bonchev–Trinajstić information content (AvgIpc) is 2.78. The molecule has 166 valence electrons. The first-order valence-electron chi connectivity index (χ1n) is 10.6. The third kappa shape index (κ3) is 6.68. The smallest absolute Gasteiger partial charge is 0.206 e. The first-order chi connectivity index (χ1) is 15.4. The molecule has 0 fully saturated rings. The van der Waals surface area contributed by atoms with Gasteiger partial charge in [0.05, 0.1) is 5.92 Å². The fraction of sp³-hybridized carbons (Fsp3) is 0.214. The van der Waals surface area contributed by atoms with Crippen LogP contribution in [0.4, 0.5) is 17.6 Å². The van der Waals surface area contributed by atoms with Crippen molar-refractivity contribution in [1.82, 2.24) is 0 Å². The van der Waals surface area contributed by atoms with E-state index in [1.165, 1.54) is 12.1 Å². The summed E-state index contributed by atoms with van der Waals surface area (Å²) in [7, 11) is 0. The molecule has 1 atom stereocenters. The number of alkyl halides is 3. The minimum absolute atomic E-state index is 0.124. The van der Waals surface area contributed by atoms with E-state index >= 15 is 0 Å². The molecule has 0 saturated heterocycles. The highest BCUT2D eigenvalue weighted by atomic mass is 19.4. The van der Waals surface area contributed by atoms with Crippen LogP contribution in [0.5, 0.6) is 0 Å². The van der Waals surface area contributed by atoms with Gasteiger partial charge in [0, 0.05) is 5.56 Å². The van der Waals surface area contributed by atoms with Crippen LogP contribution in [0.1, 0.15) is 47.1 Å². The molecule has 0 spiro atoms. The molecule has 0 aliphatic heterocycles. The predicted octanol–water partition coefficient (Wildman–Crippen LogP) is 8.39. The monoisotopic (exact) mass is 438 g/mol. The molecule has 0 heterocycles. The van der Waals surface area contributed by atoms with Crippen molar-refractivity contribution >= 4 is 12.2 Å². The Hall–Kier alpha value is -3.14. The number of hydrogen-bond acceptors (Lipinski definition) is 0. The van der Waals surface area contributed by atoms with Crippen molar-refractivity contribution in [2.45, 2.75) is 38.3 Å². The van der Waals surface area contributed by atoms with Gasteiger partial charge in [-0.1, -0.05) is 91.0 Å². The first-order valence-corrected chi connectivity index (χ1v) is 10.6. The van der Waals surface area contributed by atoms with Crippen LogP contribution in [-0.4, -0.2) is 6.18 Å². The summed E-state index contributed by atoms with van der Waals surface area (Å²) in [6.07, 6.45) is 4.68. The van der Waals surface area contributed by atoms with E-state index in [0.29, 0.717) is 11.1 Å². The summed E-state index contributed by atoms with van der Waals surface area (Å²) in [5.74, 6) is -1.84. The maximum absolute atomic E-state index is 14.4. The van der Waals surface area contributed by atoms with Crippen LogP contribution in [0.3, 0.4) is 0 Å². The number of allylic oxidation sites excluding steroid dienone is 2. The zero-order chi connectivity index (χ0) is 23.0. The minimum Gasteiger partial charge on any atom is -0.206 e. The standard InChI is InChI=1S/C28H26F4/c1-2-3-5-8-22-16-18-25(27(29)20-22)17-15-21-11-13-23(14-12-21)19-26(28(30,31)32)24-9-6-4-7-10-24/h2-4,6-7,9-18,20,26H,5,8,19H2,1H3/b3-2+,17-15?/t26-/m1/s1. The van der Waals surface area contributed by atoms with Crippen LogP contribution in [0.25, 0.3) is 12.2 Å². The van der Waals surface area contributed by atoms with Crippen molar-refractivity contribution in [3.8, 4) is 0 Å². The third-order valence-electron chi connectivity index (χ3n) is 5.37. The molecule has 0 aliphatic rings. The Bertz CT molecular complexity index is 1050. The predicted molar refractivity (Wildman–Crippen MR) is 124 cm³/mol. The summed E-state index contributed by atoms with van der Waals surface area (Å²) in [5.41, 5.74) is 3.08. The lowest BCUT2D eigenvalue weighted by Crippen LogP contribution is -2.22. The molecule has 0 aromatic heterocycles. The molecule has 32 heavy (non-hydrogen) atoms. The number of hydrogen-bond donors (Lipinski definition) is 0. The molecule has 0 amide bonds. The molecule has 0 bridgehead atoms. The minimum atomic E-state index is -4.32. The quantitative estimate of drug-likeness (QED) is 0.188. The van der Waals surface area contributed by atoms with Gasteiger partial charge in [-0.15, -0.1) is 0 Å². The molecule has 3 aromatic carbocycles. The highest BCUT2D eigenvalue weighted by Gasteiger charge is 2.40. The first kappa shape index (κ1) is 23.5. The lowest BCUT2D eigenvalue weighted by atomic mass is 9.91. The van der Waals surface area contributed by atoms with E-state index < -0.39 is 12.1 Å². The Balaban J connectivity index is 1.68. The topological polar surface area (TPSA) is 0 Å². The van der Waals surface area contributed by atoms with E-state index in [0.717, 1.165) is 24.0 Å². The number of rotatable bonds is 8. The van der Waals surface area contributed by atoms with Crippen LogP contribution < -0.4 is 0 Å². The van der Waals surface area contributed by atoms with E-state index in [4.69, 9.17) is 0 Å². The summed E-state index contributed by atoms with van der Waals surface area (Å²) in [6, 6.07) is 20.1. The van der Waals surface area contributed by atoms with Gasteiger partial charge in [0.25, 0.3) is 0 Å². The van der Waals surface area contributed by atoms with Crippen LogP contribution >= 0.6 is 0 Å². The zero-order valence-corrected chi connectivity index (χ0v) is 17.9. The number of benzene rings is 3. The van der Waals surface area contributed by atoms with E-state index in [1.54, 1.807) is 66.7 Å². The molecule has 4 heteroatoms. The fourth-order valence-electron chi connectivity index (χ4n) is 3.57. The van der Waals surface area contributed by atoms with E-state index in [9.17, 15) is 17.6 Å². The lowest BCUT2D eigenvalue weighted by Gasteiger charge is -2.21. The molecule has 0 unspecified atom stereocenters. The lowest BCUT2D eigenvalue weighted by molar-refractivity contribution is -0.150. The van der Waals surface area contributed by atoms with E-state index in [-0.39, 0.29) is 17.8 Å². The summed E-state index contributed by atoms with van der Waals surface area (Å²) in [6.45, 7) is 1.96. The van der Waals surface area contributed by atoms with Gasteiger partial charge in [-0.2, -0.15) is 13.2 Å². The van der Waals surface area contributed by atoms with Gasteiger partial charge < -0.3 is 0 Å². The van der Waals surface area contributed by atoms with Crippen molar-refractivity contribution in [2.24, 2.45) is 0 Å². The van der Waals surface area contributed by atoms with Crippen molar-refractivity contribution in [3.63, 3.8) is 0 Å². The second kappa shape index (κ2) is 10.9. The van der Waals surface area contributed by atoms with Crippen LogP contribution in [0, 0.1) is 5.82 Å². The van der Waals surface area contributed by atoms with Gasteiger partial charge in [0.1, 0.15) is 5.82 Å². The molecular weight excluding hydrogens is 412 g/mol. The second-order valence-electron chi connectivity index (χ2n) is 7.75. The summed E-state index contributed by atoms with van der Waals surface area (Å²) in [4.78, 5) is 0. The van der Waals surface area contributed by atoms with Crippen molar-refractivity contribution < 1.29 is 17.6 Å². The van der Waals surface area contributed by atoms with Gasteiger partial charge in [-0.25, -0.2) is 4.39 Å². The molecule has 3 aromatic rings. The Morgan fingerprint density at radius 3 is 2.16 bits per heavy atom.